The molecule has 0 saturated carbocycles. The van der Waals surface area contributed by atoms with Crippen molar-refractivity contribution in [3.8, 4) is 0 Å². The average Bonchev–Trinajstić information content (AvgIpc) is 2.54. The van der Waals surface area contributed by atoms with Gasteiger partial charge in [0.25, 0.3) is 0 Å². The smallest absolute Gasteiger partial charge is 0.167 e. The summed E-state index contributed by atoms with van der Waals surface area (Å²) in [6.45, 7) is 0. The minimum Gasteiger partial charge on any atom is -0.546 e. The third kappa shape index (κ3) is 2.14. The molecule has 6 nitrogen and oxygen atoms in total. The van der Waals surface area contributed by atoms with E-state index in [-0.39, 0.29) is 11.1 Å². The molecular weight excluding hydrogens is 288 g/mol. The first-order chi connectivity index (χ1) is 10.3. The van der Waals surface area contributed by atoms with Gasteiger partial charge in [-0.1, -0.05) is 60.7 Å². The lowest BCUT2D eigenvalue weighted by molar-refractivity contribution is -0.363. The van der Waals surface area contributed by atoms with Crippen LogP contribution in [0.2, 0.25) is 0 Å². The van der Waals surface area contributed by atoms with Gasteiger partial charge in [-0.15, -0.1) is 0 Å². The highest BCUT2D eigenvalue weighted by molar-refractivity contribution is 5.91. The molecule has 0 amide bonds. The van der Waals surface area contributed by atoms with Crippen molar-refractivity contribution in [2.45, 2.75) is 11.2 Å². The minimum absolute atomic E-state index is 0.342. The van der Waals surface area contributed by atoms with Gasteiger partial charge in [0.15, 0.2) is 11.2 Å². The van der Waals surface area contributed by atoms with E-state index in [1.54, 1.807) is 12.1 Å². The number of rotatable bonds is 5. The average molecular weight is 300 g/mol. The van der Waals surface area contributed by atoms with E-state index in [9.17, 15) is 30.0 Å². The third-order valence-corrected chi connectivity index (χ3v) is 3.50. The van der Waals surface area contributed by atoms with Crippen LogP contribution in [0.4, 0.5) is 0 Å². The van der Waals surface area contributed by atoms with Crippen LogP contribution in [0, 0.1) is 0 Å². The molecule has 2 N–H and O–H groups in total. The van der Waals surface area contributed by atoms with E-state index >= 15 is 0 Å². The molecule has 6 heteroatoms. The van der Waals surface area contributed by atoms with E-state index in [0.717, 1.165) is 0 Å². The number of carboxylic acids is 2. The molecule has 2 rings (SSSR count). The Morgan fingerprint density at radius 2 is 0.955 bits per heavy atom. The fourth-order valence-corrected chi connectivity index (χ4v) is 2.31. The van der Waals surface area contributed by atoms with Gasteiger partial charge in [0.05, 0.1) is 11.9 Å². The standard InChI is InChI=1S/C16H14O6/c17-13(18)15(21,11-7-3-1-4-8-11)16(22,14(19)20)12-9-5-2-6-10-12/h1-10,21-22H,(H,17,18)(H,19,20)/p-2. The van der Waals surface area contributed by atoms with Crippen molar-refractivity contribution in [2.75, 3.05) is 0 Å². The molecule has 0 bridgehead atoms. The molecule has 2 unspecified atom stereocenters. The maximum atomic E-state index is 11.5. The summed E-state index contributed by atoms with van der Waals surface area (Å²) in [6.07, 6.45) is 0. The number of hydrogen-bond donors (Lipinski definition) is 2. The SMILES string of the molecule is O=C([O-])C(O)(c1ccccc1)C(O)(C(=O)[O-])c1ccccc1. The monoisotopic (exact) mass is 300 g/mol. The van der Waals surface area contributed by atoms with Crippen molar-refractivity contribution in [2.24, 2.45) is 0 Å². The Labute approximate surface area is 125 Å². The lowest BCUT2D eigenvalue weighted by Crippen LogP contribution is -2.66. The van der Waals surface area contributed by atoms with Crippen LogP contribution < -0.4 is 10.2 Å². The number of aliphatic hydroxyl groups is 2. The molecule has 2 atom stereocenters. The Hall–Kier alpha value is -2.70. The molecule has 2 aromatic rings. The molecule has 0 aromatic heterocycles. The maximum Gasteiger partial charge on any atom is 0.167 e. The van der Waals surface area contributed by atoms with Gasteiger partial charge < -0.3 is 30.0 Å². The van der Waals surface area contributed by atoms with Crippen LogP contribution in [0.1, 0.15) is 11.1 Å². The molecule has 0 spiro atoms. The summed E-state index contributed by atoms with van der Waals surface area (Å²) in [7, 11) is 0. The lowest BCUT2D eigenvalue weighted by Gasteiger charge is -2.45. The topological polar surface area (TPSA) is 121 Å². The molecule has 114 valence electrons. The summed E-state index contributed by atoms with van der Waals surface area (Å²) in [5.74, 6) is -4.32. The number of benzene rings is 2. The second kappa shape index (κ2) is 5.59. The van der Waals surface area contributed by atoms with Gasteiger partial charge in [0, 0.05) is 0 Å². The molecule has 0 heterocycles. The van der Waals surface area contributed by atoms with Crippen molar-refractivity contribution in [3.63, 3.8) is 0 Å². The van der Waals surface area contributed by atoms with Crippen molar-refractivity contribution in [3.05, 3.63) is 71.8 Å². The number of carbonyl (C=O) groups excluding carboxylic acids is 2. The first kappa shape index (κ1) is 15.7. The number of carbonyl (C=O) groups is 2. The molecule has 0 aliphatic heterocycles. The Kier molecular flexibility index (Phi) is 3.99. The van der Waals surface area contributed by atoms with Crippen LogP contribution in [0.25, 0.3) is 0 Å². The van der Waals surface area contributed by atoms with Gasteiger partial charge >= 0.3 is 0 Å². The predicted molar refractivity (Wildman–Crippen MR) is 70.7 cm³/mol. The Morgan fingerprint density at radius 3 is 1.18 bits per heavy atom. The van der Waals surface area contributed by atoms with E-state index in [2.05, 4.69) is 0 Å². The van der Waals surface area contributed by atoms with E-state index in [4.69, 9.17) is 0 Å². The van der Waals surface area contributed by atoms with E-state index in [1.165, 1.54) is 48.5 Å². The highest BCUT2D eigenvalue weighted by atomic mass is 16.5. The zero-order chi connectivity index (χ0) is 16.4. The highest BCUT2D eigenvalue weighted by Crippen LogP contribution is 2.40. The Bertz CT molecular complexity index is 623. The summed E-state index contributed by atoms with van der Waals surface area (Å²) in [5.41, 5.74) is -7.14. The zero-order valence-corrected chi connectivity index (χ0v) is 11.3. The third-order valence-electron chi connectivity index (χ3n) is 3.50. The predicted octanol–water partition coefficient (Wildman–Crippen LogP) is -1.74. The van der Waals surface area contributed by atoms with E-state index in [0.29, 0.717) is 0 Å². The minimum atomic E-state index is -3.23. The van der Waals surface area contributed by atoms with Gasteiger partial charge in [-0.2, -0.15) is 0 Å². The summed E-state index contributed by atoms with van der Waals surface area (Å²) in [5, 5.41) is 44.2. The van der Waals surface area contributed by atoms with Gasteiger partial charge in [-0.05, 0) is 11.1 Å². The molecule has 2 aromatic carbocycles. The lowest BCUT2D eigenvalue weighted by atomic mass is 9.73. The fraction of sp³-hybridized carbons (Fsp3) is 0.125. The quantitative estimate of drug-likeness (QED) is 0.676. The second-order valence-electron chi connectivity index (χ2n) is 4.73. The van der Waals surface area contributed by atoms with E-state index < -0.39 is 23.1 Å². The van der Waals surface area contributed by atoms with Gasteiger partial charge in [0.1, 0.15) is 0 Å². The molecule has 22 heavy (non-hydrogen) atoms. The first-order valence-corrected chi connectivity index (χ1v) is 6.34. The number of aliphatic carboxylic acids is 2. The molecule has 0 aliphatic rings. The van der Waals surface area contributed by atoms with Gasteiger partial charge in [-0.3, -0.25) is 0 Å². The molecule has 0 aliphatic carbocycles. The van der Waals surface area contributed by atoms with Crippen molar-refractivity contribution in [1.29, 1.82) is 0 Å². The maximum absolute atomic E-state index is 11.5. The normalized spacial score (nSPS) is 16.3. The molecular formula is C16H12O6-2. The summed E-state index contributed by atoms with van der Waals surface area (Å²) in [4.78, 5) is 23.1. The van der Waals surface area contributed by atoms with Crippen molar-refractivity contribution in [1.82, 2.24) is 0 Å². The Balaban J connectivity index is 2.78. The van der Waals surface area contributed by atoms with Crippen LogP contribution in [0.5, 0.6) is 0 Å². The van der Waals surface area contributed by atoms with Crippen LogP contribution in [0.3, 0.4) is 0 Å². The van der Waals surface area contributed by atoms with Gasteiger partial charge in [0.2, 0.25) is 0 Å². The van der Waals surface area contributed by atoms with Crippen LogP contribution in [0.15, 0.2) is 60.7 Å². The van der Waals surface area contributed by atoms with Crippen molar-refractivity contribution < 1.29 is 30.0 Å². The summed E-state index contributed by atoms with van der Waals surface area (Å²) < 4.78 is 0. The molecule has 0 fully saturated rings. The van der Waals surface area contributed by atoms with Crippen molar-refractivity contribution >= 4 is 11.9 Å². The number of hydrogen-bond acceptors (Lipinski definition) is 6. The molecule has 0 radical (unpaired) electrons. The summed E-state index contributed by atoms with van der Waals surface area (Å²) >= 11 is 0. The number of carboxylic acid groups (broad SMARTS) is 2. The first-order valence-electron chi connectivity index (χ1n) is 6.34. The Morgan fingerprint density at radius 1 is 0.682 bits per heavy atom. The zero-order valence-electron chi connectivity index (χ0n) is 11.3. The molecule has 0 saturated heterocycles. The largest absolute Gasteiger partial charge is 0.546 e. The van der Waals surface area contributed by atoms with Crippen LogP contribution >= 0.6 is 0 Å². The van der Waals surface area contributed by atoms with Crippen LogP contribution in [-0.2, 0) is 20.8 Å². The second-order valence-corrected chi connectivity index (χ2v) is 4.73. The fourth-order valence-electron chi connectivity index (χ4n) is 2.31. The van der Waals surface area contributed by atoms with Crippen LogP contribution in [-0.4, -0.2) is 22.2 Å². The summed E-state index contributed by atoms with van der Waals surface area (Å²) in [6, 6.07) is 13.3. The highest BCUT2D eigenvalue weighted by Gasteiger charge is 2.54. The van der Waals surface area contributed by atoms with E-state index in [1.807, 2.05) is 0 Å². The van der Waals surface area contributed by atoms with Gasteiger partial charge in [-0.25, -0.2) is 0 Å².